The van der Waals surface area contributed by atoms with Crippen molar-refractivity contribution in [1.29, 1.82) is 10.5 Å². The monoisotopic (exact) mass is 662 g/mol. The summed E-state index contributed by atoms with van der Waals surface area (Å²) in [4.78, 5) is 10.8. The molecule has 0 unspecified atom stereocenters. The molecule has 0 saturated heterocycles. The zero-order valence-corrected chi connectivity index (χ0v) is 27.0. The van der Waals surface area contributed by atoms with Gasteiger partial charge in [0, 0.05) is 25.8 Å². The molecule has 0 fully saturated rings. The molecule has 3 aromatic carbocycles. The van der Waals surface area contributed by atoms with E-state index < -0.39 is 0 Å². The van der Waals surface area contributed by atoms with Gasteiger partial charge in [-0.15, -0.1) is 22.7 Å². The van der Waals surface area contributed by atoms with Crippen LogP contribution in [0, 0.1) is 56.6 Å². The van der Waals surface area contributed by atoms with Crippen LogP contribution in [0.15, 0.2) is 75.8 Å². The van der Waals surface area contributed by atoms with Crippen molar-refractivity contribution in [2.45, 2.75) is 20.8 Å². The summed E-state index contributed by atoms with van der Waals surface area (Å²) in [5, 5.41) is 20.1. The molecule has 2 aromatic heterocycles. The predicted octanol–water partition coefficient (Wildman–Crippen LogP) is 11.2. The Balaban J connectivity index is 1.50. The van der Waals surface area contributed by atoms with E-state index in [1.54, 1.807) is 22.7 Å². The number of aryl methyl sites for hydroxylation is 3. The Labute approximate surface area is 271 Å². The van der Waals surface area contributed by atoms with Crippen molar-refractivity contribution >= 4 is 49.7 Å². The molecule has 0 saturated carbocycles. The van der Waals surface area contributed by atoms with Crippen LogP contribution < -0.4 is 0 Å². The highest BCUT2D eigenvalue weighted by molar-refractivity contribution is 9.11. The highest BCUT2D eigenvalue weighted by atomic mass is 79.9. The van der Waals surface area contributed by atoms with Gasteiger partial charge in [0.05, 0.1) is 29.1 Å². The fraction of sp³-hybridized carbons (Fsp3) is 0.0811. The van der Waals surface area contributed by atoms with Crippen LogP contribution in [0.5, 0.6) is 0 Å². The number of hydrogen-bond acceptors (Lipinski definition) is 4. The Morgan fingerprint density at radius 1 is 0.614 bits per heavy atom. The molecule has 2 aliphatic carbocycles. The van der Waals surface area contributed by atoms with E-state index in [1.807, 2.05) is 12.1 Å². The highest BCUT2D eigenvalue weighted by Crippen LogP contribution is 2.55. The van der Waals surface area contributed by atoms with Crippen molar-refractivity contribution in [3.05, 3.63) is 137 Å². The van der Waals surface area contributed by atoms with Crippen LogP contribution in [0.4, 0.5) is 0 Å². The van der Waals surface area contributed by atoms with E-state index in [-0.39, 0.29) is 11.4 Å². The van der Waals surface area contributed by atoms with Gasteiger partial charge in [-0.2, -0.15) is 0 Å². The average Bonchev–Trinajstić information content (AvgIpc) is 3.73. The number of fused-ring (bicyclic) bond motifs is 6. The summed E-state index contributed by atoms with van der Waals surface area (Å²) >= 11 is 6.98. The Hall–Kier alpha value is -5.02. The number of nitriles is 2. The second kappa shape index (κ2) is 10.3. The fourth-order valence-electron chi connectivity index (χ4n) is 6.45. The first-order valence-electron chi connectivity index (χ1n) is 13.6. The van der Waals surface area contributed by atoms with Crippen LogP contribution in [0.1, 0.15) is 38.3 Å². The van der Waals surface area contributed by atoms with Crippen LogP contribution in [0.2, 0.25) is 0 Å². The van der Waals surface area contributed by atoms with Gasteiger partial charge in [-0.3, -0.25) is 0 Å². The van der Waals surface area contributed by atoms with Crippen LogP contribution in [-0.4, -0.2) is 0 Å². The molecule has 5 aromatic rings. The maximum atomic E-state index is 10.1. The van der Waals surface area contributed by atoms with E-state index in [0.717, 1.165) is 69.9 Å². The van der Waals surface area contributed by atoms with Gasteiger partial charge in [0.25, 0.3) is 11.4 Å². The van der Waals surface area contributed by atoms with Crippen molar-refractivity contribution in [3.63, 3.8) is 0 Å². The number of benzene rings is 3. The summed E-state index contributed by atoms with van der Waals surface area (Å²) in [5.41, 5.74) is 12.7. The molecular formula is C37H19BrN4S2. The van der Waals surface area contributed by atoms with Gasteiger partial charge >= 0.3 is 0 Å². The molecule has 2 aliphatic rings. The Kier molecular flexibility index (Phi) is 6.51. The minimum atomic E-state index is 0.0397. The van der Waals surface area contributed by atoms with Crippen LogP contribution >= 0.6 is 38.6 Å². The van der Waals surface area contributed by atoms with Crippen molar-refractivity contribution in [1.82, 2.24) is 0 Å². The van der Waals surface area contributed by atoms with Gasteiger partial charge in [0.15, 0.2) is 0 Å². The zero-order chi connectivity index (χ0) is 30.9. The first kappa shape index (κ1) is 27.8. The standard InChI is InChI=1S/C37H19BrN4S2/c1-18-10-20(3)43-36(18)21-6-8-23-25-14-30-26(15-29(25)34(27(23)12-21)31(16-39)41-4)24-9-7-22(37-19(2)11-33(38)44-37)13-28(24)35(30)32(17-40)42-5/h6-15H,1-3H3/b34-31-,35-32+. The molecule has 2 heterocycles. The van der Waals surface area contributed by atoms with E-state index in [0.29, 0.717) is 11.1 Å². The summed E-state index contributed by atoms with van der Waals surface area (Å²) in [6.07, 6.45) is 0. The number of thiophene rings is 2. The summed E-state index contributed by atoms with van der Waals surface area (Å²) in [6, 6.07) is 25.1. The Morgan fingerprint density at radius 2 is 1.07 bits per heavy atom. The van der Waals surface area contributed by atoms with Gasteiger partial charge in [-0.05, 0) is 140 Å². The van der Waals surface area contributed by atoms with E-state index in [4.69, 9.17) is 13.1 Å². The van der Waals surface area contributed by atoms with E-state index in [9.17, 15) is 10.5 Å². The van der Waals surface area contributed by atoms with Crippen LogP contribution in [0.25, 0.3) is 64.0 Å². The molecule has 0 amide bonds. The zero-order valence-electron chi connectivity index (χ0n) is 23.8. The maximum absolute atomic E-state index is 10.1. The van der Waals surface area contributed by atoms with Crippen LogP contribution in [-0.2, 0) is 0 Å². The molecule has 0 radical (unpaired) electrons. The van der Waals surface area contributed by atoms with Crippen molar-refractivity contribution in [3.8, 4) is 55.3 Å². The normalized spacial score (nSPS) is 14.4. The smallest absolute Gasteiger partial charge is 0.226 e. The van der Waals surface area contributed by atoms with Gasteiger partial charge in [-0.25, -0.2) is 20.2 Å². The molecule has 0 N–H and O–H groups in total. The first-order valence-corrected chi connectivity index (χ1v) is 16.1. The molecular weight excluding hydrogens is 644 g/mol. The lowest BCUT2D eigenvalue weighted by atomic mass is 9.95. The Morgan fingerprint density at radius 3 is 1.45 bits per heavy atom. The van der Waals surface area contributed by atoms with Gasteiger partial charge in [0.2, 0.25) is 0 Å². The van der Waals surface area contributed by atoms with Crippen molar-refractivity contribution < 1.29 is 0 Å². The maximum Gasteiger partial charge on any atom is 0.270 e. The molecule has 7 heteroatoms. The van der Waals surface area contributed by atoms with Gasteiger partial charge in [0.1, 0.15) is 0 Å². The summed E-state index contributed by atoms with van der Waals surface area (Å²) in [7, 11) is 0. The third-order valence-electron chi connectivity index (χ3n) is 8.22. The molecule has 0 atom stereocenters. The summed E-state index contributed by atoms with van der Waals surface area (Å²) in [5.74, 6) is 0. The largest absolute Gasteiger partial charge is 0.270 e. The second-order valence-corrected chi connectivity index (χ2v) is 14.5. The number of hydrogen-bond donors (Lipinski definition) is 0. The molecule has 44 heavy (non-hydrogen) atoms. The third kappa shape index (κ3) is 4.03. The molecule has 206 valence electrons. The minimum absolute atomic E-state index is 0.0397. The first-order chi connectivity index (χ1) is 21.3. The van der Waals surface area contributed by atoms with Crippen LogP contribution in [0.3, 0.4) is 0 Å². The lowest BCUT2D eigenvalue weighted by Crippen LogP contribution is -1.89. The van der Waals surface area contributed by atoms with Crippen molar-refractivity contribution in [2.75, 3.05) is 0 Å². The number of allylic oxidation sites excluding steroid dienone is 2. The van der Waals surface area contributed by atoms with E-state index in [1.165, 1.54) is 15.3 Å². The second-order valence-electron chi connectivity index (χ2n) is 10.8. The van der Waals surface area contributed by atoms with Gasteiger partial charge < -0.3 is 0 Å². The molecule has 7 rings (SSSR count). The average molecular weight is 664 g/mol. The number of rotatable bonds is 2. The molecule has 0 bridgehead atoms. The molecule has 0 spiro atoms. The highest BCUT2D eigenvalue weighted by Gasteiger charge is 2.34. The summed E-state index contributed by atoms with van der Waals surface area (Å²) in [6.45, 7) is 22.0. The lowest BCUT2D eigenvalue weighted by Gasteiger charge is -2.09. The summed E-state index contributed by atoms with van der Waals surface area (Å²) < 4.78 is 1.04. The van der Waals surface area contributed by atoms with Gasteiger partial charge in [-0.1, -0.05) is 24.3 Å². The fourth-order valence-corrected chi connectivity index (χ4v) is 9.19. The van der Waals surface area contributed by atoms with Crippen molar-refractivity contribution in [2.24, 2.45) is 0 Å². The Bertz CT molecular complexity index is 2170. The number of halogens is 1. The third-order valence-corrected chi connectivity index (χ3v) is 11.2. The lowest BCUT2D eigenvalue weighted by molar-refractivity contribution is 1.49. The topological polar surface area (TPSA) is 56.3 Å². The van der Waals surface area contributed by atoms with E-state index >= 15 is 0 Å². The number of nitrogens with zero attached hydrogens (tertiary/aromatic N) is 4. The molecule has 4 nitrogen and oxygen atoms in total. The predicted molar refractivity (Wildman–Crippen MR) is 182 cm³/mol. The molecule has 0 aliphatic heterocycles. The quantitative estimate of drug-likeness (QED) is 0.137. The van der Waals surface area contributed by atoms with E-state index in [2.05, 4.69) is 107 Å². The SMILES string of the molecule is [C-]#[N+]/C(C#N)=C1/c2cc(-c3sc(C)cc3C)ccc2-c2cc3c(cc21)-c1ccc(-c2sc(Br)cc2C)cc1/C3=C(/C#N)[N+]#[C-]. The minimum Gasteiger partial charge on any atom is -0.226 e.